The lowest BCUT2D eigenvalue weighted by molar-refractivity contribution is -0.131. The molecule has 4 nitrogen and oxygen atoms in total. The topological polar surface area (TPSA) is 52.6 Å². The van der Waals surface area contributed by atoms with E-state index in [-0.39, 0.29) is 0 Å². The predicted molar refractivity (Wildman–Crippen MR) is 62.0 cm³/mol. The Morgan fingerprint density at radius 3 is 2.80 bits per heavy atom. The van der Waals surface area contributed by atoms with Gasteiger partial charge in [0.2, 0.25) is 0 Å². The zero-order valence-corrected chi connectivity index (χ0v) is 9.86. The maximum absolute atomic E-state index is 10.1. The van der Waals surface area contributed by atoms with Crippen molar-refractivity contribution in [3.05, 3.63) is 12.2 Å². The van der Waals surface area contributed by atoms with Gasteiger partial charge in [-0.3, -0.25) is 0 Å². The number of carbonyl (C=O) groups is 1. The molecule has 0 heterocycles. The molecule has 0 rings (SSSR count). The van der Waals surface area contributed by atoms with Crippen LogP contribution < -0.4 is 5.32 Å². The normalized spacial score (nSPS) is 13.6. The molecular formula is C11H22N2O2. The van der Waals surface area contributed by atoms with Gasteiger partial charge in [0.1, 0.15) is 0 Å². The molecule has 2 N–H and O–H groups in total. The van der Waals surface area contributed by atoms with E-state index < -0.39 is 5.97 Å². The van der Waals surface area contributed by atoms with Crippen LogP contribution in [0.1, 0.15) is 20.3 Å². The molecule has 0 aromatic carbocycles. The van der Waals surface area contributed by atoms with E-state index in [2.05, 4.69) is 31.1 Å². The van der Waals surface area contributed by atoms with E-state index in [0.29, 0.717) is 12.6 Å². The van der Waals surface area contributed by atoms with Gasteiger partial charge in [-0.15, -0.1) is 0 Å². The highest BCUT2D eigenvalue weighted by molar-refractivity contribution is 5.79. The van der Waals surface area contributed by atoms with E-state index in [1.807, 2.05) is 0 Å². The second-order valence-electron chi connectivity index (χ2n) is 3.68. The molecule has 1 atom stereocenters. The molecule has 0 radical (unpaired) electrons. The van der Waals surface area contributed by atoms with Crippen LogP contribution in [0.25, 0.3) is 0 Å². The van der Waals surface area contributed by atoms with E-state index in [4.69, 9.17) is 5.11 Å². The molecule has 1 unspecified atom stereocenters. The fourth-order valence-electron chi connectivity index (χ4n) is 1.13. The first-order valence-electron chi connectivity index (χ1n) is 5.38. The summed E-state index contributed by atoms with van der Waals surface area (Å²) in [6.07, 6.45) is 3.92. The first-order chi connectivity index (χ1) is 7.07. The minimum Gasteiger partial charge on any atom is -0.478 e. The number of carboxylic acids is 1. The van der Waals surface area contributed by atoms with Gasteiger partial charge in [0.05, 0.1) is 0 Å². The second-order valence-corrected chi connectivity index (χ2v) is 3.68. The molecule has 4 heteroatoms. The van der Waals surface area contributed by atoms with Gasteiger partial charge in [-0.2, -0.15) is 0 Å². The summed E-state index contributed by atoms with van der Waals surface area (Å²) in [5, 5.41) is 11.5. The van der Waals surface area contributed by atoms with Crippen LogP contribution in [0.2, 0.25) is 0 Å². The number of hydrogen-bond acceptors (Lipinski definition) is 3. The lowest BCUT2D eigenvalue weighted by Gasteiger charge is -2.23. The van der Waals surface area contributed by atoms with Gasteiger partial charge in [-0.1, -0.05) is 13.0 Å². The van der Waals surface area contributed by atoms with E-state index in [1.54, 1.807) is 6.08 Å². The fraction of sp³-hybridized carbons (Fsp3) is 0.727. The highest BCUT2D eigenvalue weighted by Crippen LogP contribution is 1.97. The minimum atomic E-state index is -0.895. The summed E-state index contributed by atoms with van der Waals surface area (Å²) in [5.41, 5.74) is 0. The lowest BCUT2D eigenvalue weighted by Crippen LogP contribution is -2.35. The monoisotopic (exact) mass is 214 g/mol. The van der Waals surface area contributed by atoms with E-state index >= 15 is 0 Å². The van der Waals surface area contributed by atoms with Gasteiger partial charge < -0.3 is 15.3 Å². The second kappa shape index (κ2) is 8.44. The van der Waals surface area contributed by atoms with Crippen LogP contribution in [0, 0.1) is 0 Å². The van der Waals surface area contributed by atoms with Gasteiger partial charge in [0.25, 0.3) is 0 Å². The van der Waals surface area contributed by atoms with Crippen molar-refractivity contribution in [3.63, 3.8) is 0 Å². The summed E-state index contributed by atoms with van der Waals surface area (Å²) in [5.74, 6) is -0.895. The summed E-state index contributed by atoms with van der Waals surface area (Å²) < 4.78 is 0. The number of carboxylic acid groups (broad SMARTS) is 1. The molecule has 0 aliphatic heterocycles. The molecule has 0 aromatic rings. The van der Waals surface area contributed by atoms with Crippen molar-refractivity contribution in [1.82, 2.24) is 10.2 Å². The van der Waals surface area contributed by atoms with Crippen LogP contribution in [0.5, 0.6) is 0 Å². The highest BCUT2D eigenvalue weighted by Gasteiger charge is 2.04. The van der Waals surface area contributed by atoms with Crippen molar-refractivity contribution >= 4 is 5.97 Å². The molecule has 0 aliphatic rings. The van der Waals surface area contributed by atoms with Crippen molar-refractivity contribution in [2.75, 3.05) is 26.7 Å². The SMILES string of the molecule is CCC(C)N(C)CCNC/C=C/C(=O)O. The Labute approximate surface area is 92.0 Å². The third-order valence-corrected chi connectivity index (χ3v) is 2.51. The Morgan fingerprint density at radius 2 is 2.27 bits per heavy atom. The van der Waals surface area contributed by atoms with Gasteiger partial charge in [0, 0.05) is 31.8 Å². The molecule has 0 aromatic heterocycles. The van der Waals surface area contributed by atoms with E-state index in [1.165, 1.54) is 0 Å². The van der Waals surface area contributed by atoms with Crippen LogP contribution >= 0.6 is 0 Å². The molecule has 0 bridgehead atoms. The molecule has 0 saturated heterocycles. The molecule has 88 valence electrons. The number of aliphatic carboxylic acids is 1. The molecular weight excluding hydrogens is 192 g/mol. The quantitative estimate of drug-likeness (QED) is 0.466. The van der Waals surface area contributed by atoms with Crippen molar-refractivity contribution in [1.29, 1.82) is 0 Å². The highest BCUT2D eigenvalue weighted by atomic mass is 16.4. The number of hydrogen-bond donors (Lipinski definition) is 2. The van der Waals surface area contributed by atoms with Crippen molar-refractivity contribution < 1.29 is 9.90 Å². The van der Waals surface area contributed by atoms with Crippen LogP contribution in [-0.4, -0.2) is 48.7 Å². The Morgan fingerprint density at radius 1 is 1.60 bits per heavy atom. The van der Waals surface area contributed by atoms with Crippen LogP contribution in [0.15, 0.2) is 12.2 Å². The largest absolute Gasteiger partial charge is 0.478 e. The van der Waals surface area contributed by atoms with Crippen molar-refractivity contribution in [3.8, 4) is 0 Å². The lowest BCUT2D eigenvalue weighted by atomic mass is 10.2. The van der Waals surface area contributed by atoms with Crippen molar-refractivity contribution in [2.24, 2.45) is 0 Å². The average Bonchev–Trinajstić information content (AvgIpc) is 2.21. The molecule has 0 saturated carbocycles. The Kier molecular flexibility index (Phi) is 7.95. The molecule has 0 amide bonds. The summed E-state index contributed by atoms with van der Waals surface area (Å²) in [6.45, 7) is 6.84. The standard InChI is InChI=1S/C11H22N2O2/c1-4-10(2)13(3)9-8-12-7-5-6-11(14)15/h5-6,10,12H,4,7-9H2,1-3H3,(H,14,15)/b6-5+. The van der Waals surface area contributed by atoms with E-state index in [9.17, 15) is 4.79 Å². The molecule has 0 spiro atoms. The van der Waals surface area contributed by atoms with Gasteiger partial charge in [-0.25, -0.2) is 4.79 Å². The third kappa shape index (κ3) is 8.15. The minimum absolute atomic E-state index is 0.598. The summed E-state index contributed by atoms with van der Waals surface area (Å²) in [4.78, 5) is 12.4. The van der Waals surface area contributed by atoms with Crippen LogP contribution in [-0.2, 0) is 4.79 Å². The zero-order chi connectivity index (χ0) is 11.7. The smallest absolute Gasteiger partial charge is 0.328 e. The third-order valence-electron chi connectivity index (χ3n) is 2.51. The van der Waals surface area contributed by atoms with Crippen LogP contribution in [0.3, 0.4) is 0 Å². The number of rotatable bonds is 8. The summed E-state index contributed by atoms with van der Waals surface area (Å²) >= 11 is 0. The molecule has 0 fully saturated rings. The Bertz CT molecular complexity index is 205. The van der Waals surface area contributed by atoms with Crippen LogP contribution in [0.4, 0.5) is 0 Å². The van der Waals surface area contributed by atoms with Gasteiger partial charge in [-0.05, 0) is 20.4 Å². The van der Waals surface area contributed by atoms with E-state index in [0.717, 1.165) is 25.6 Å². The van der Waals surface area contributed by atoms with Gasteiger partial charge >= 0.3 is 5.97 Å². The number of nitrogens with zero attached hydrogens (tertiary/aromatic N) is 1. The summed E-state index contributed by atoms with van der Waals surface area (Å²) in [7, 11) is 2.10. The summed E-state index contributed by atoms with van der Waals surface area (Å²) in [6, 6.07) is 0.598. The first-order valence-corrected chi connectivity index (χ1v) is 5.38. The zero-order valence-electron chi connectivity index (χ0n) is 9.86. The fourth-order valence-corrected chi connectivity index (χ4v) is 1.13. The first kappa shape index (κ1) is 14.1. The number of nitrogens with one attached hydrogen (secondary N) is 1. The maximum Gasteiger partial charge on any atom is 0.328 e. The van der Waals surface area contributed by atoms with Gasteiger partial charge in [0.15, 0.2) is 0 Å². The molecule has 15 heavy (non-hydrogen) atoms. The van der Waals surface area contributed by atoms with Crippen molar-refractivity contribution in [2.45, 2.75) is 26.3 Å². The maximum atomic E-state index is 10.1. The predicted octanol–water partition coefficient (Wildman–Crippen LogP) is 0.947. The average molecular weight is 214 g/mol. The Hall–Kier alpha value is -0.870. The molecule has 0 aliphatic carbocycles. The Balaban J connectivity index is 3.42. The number of likely N-dealkylation sites (N-methyl/N-ethyl adjacent to an activating group) is 1.